The van der Waals surface area contributed by atoms with E-state index in [4.69, 9.17) is 5.11 Å². The molecule has 100 valence electrons. The first kappa shape index (κ1) is 15.2. The number of benzene rings is 1. The van der Waals surface area contributed by atoms with E-state index in [-0.39, 0.29) is 17.9 Å². The molecule has 1 aromatic carbocycles. The van der Waals surface area contributed by atoms with E-state index in [1.807, 2.05) is 38.1 Å². The van der Waals surface area contributed by atoms with Crippen LogP contribution in [0, 0.1) is 5.41 Å². The third-order valence-corrected chi connectivity index (χ3v) is 3.30. The molecule has 0 aromatic heterocycles. The molecule has 18 heavy (non-hydrogen) atoms. The Morgan fingerprint density at radius 3 is 2.78 bits per heavy atom. The molecular weight excluding hydrogens is 294 g/mol. The van der Waals surface area contributed by atoms with E-state index in [1.54, 1.807) is 0 Å². The number of hydrogen-bond donors (Lipinski definition) is 2. The van der Waals surface area contributed by atoms with Gasteiger partial charge in [0.15, 0.2) is 0 Å². The second kappa shape index (κ2) is 6.90. The van der Waals surface area contributed by atoms with Crippen LogP contribution in [0.4, 0.5) is 0 Å². The zero-order valence-electron chi connectivity index (χ0n) is 10.9. The predicted molar refractivity (Wildman–Crippen MR) is 76.3 cm³/mol. The fourth-order valence-electron chi connectivity index (χ4n) is 1.62. The Kier molecular flexibility index (Phi) is 5.82. The molecule has 0 aliphatic rings. The van der Waals surface area contributed by atoms with Gasteiger partial charge in [-0.2, -0.15) is 0 Å². The van der Waals surface area contributed by atoms with Gasteiger partial charge in [-0.3, -0.25) is 4.79 Å². The van der Waals surface area contributed by atoms with E-state index in [1.165, 1.54) is 0 Å². The fourth-order valence-corrected chi connectivity index (χ4v) is 2.07. The fraction of sp³-hybridized carbons (Fsp3) is 0.500. The summed E-state index contributed by atoms with van der Waals surface area (Å²) in [6, 6.07) is 7.73. The van der Waals surface area contributed by atoms with E-state index in [9.17, 15) is 4.79 Å². The Labute approximate surface area is 117 Å². The van der Waals surface area contributed by atoms with E-state index in [2.05, 4.69) is 21.2 Å². The van der Waals surface area contributed by atoms with Crippen molar-refractivity contribution in [1.82, 2.24) is 5.32 Å². The number of carbonyl (C=O) groups excluding carboxylic acids is 1. The molecule has 0 unspecified atom stereocenters. The van der Waals surface area contributed by atoms with E-state index >= 15 is 0 Å². The van der Waals surface area contributed by atoms with Gasteiger partial charge >= 0.3 is 0 Å². The minimum absolute atomic E-state index is 0.0131. The molecule has 0 spiro atoms. The molecule has 0 saturated carbocycles. The lowest BCUT2D eigenvalue weighted by Crippen LogP contribution is -2.35. The zero-order valence-corrected chi connectivity index (χ0v) is 12.5. The van der Waals surface area contributed by atoms with Crippen LogP contribution in [0.2, 0.25) is 0 Å². The maximum absolute atomic E-state index is 11.8. The standard InChI is InChI=1S/C14H20BrNO2/c1-14(2,6-7-17)10-16-13(18)9-11-4-3-5-12(15)8-11/h3-5,8,17H,6-7,9-10H2,1-2H3,(H,16,18). The average molecular weight is 314 g/mol. The summed E-state index contributed by atoms with van der Waals surface area (Å²) in [6.45, 7) is 4.79. The molecule has 2 N–H and O–H groups in total. The van der Waals surface area contributed by atoms with E-state index < -0.39 is 0 Å². The average Bonchev–Trinajstić information content (AvgIpc) is 2.26. The molecule has 0 heterocycles. The van der Waals surface area contributed by atoms with E-state index in [0.29, 0.717) is 19.4 Å². The third kappa shape index (κ3) is 5.65. The largest absolute Gasteiger partial charge is 0.396 e. The van der Waals surface area contributed by atoms with Crippen molar-refractivity contribution in [3.8, 4) is 0 Å². The molecule has 1 aromatic rings. The first-order valence-corrected chi connectivity index (χ1v) is 6.84. The van der Waals surface area contributed by atoms with Gasteiger partial charge in [-0.05, 0) is 29.5 Å². The van der Waals surface area contributed by atoms with Crippen LogP contribution in [-0.2, 0) is 11.2 Å². The molecule has 1 amide bonds. The number of aliphatic hydroxyl groups is 1. The summed E-state index contributed by atoms with van der Waals surface area (Å²) >= 11 is 3.38. The first-order chi connectivity index (χ1) is 8.43. The number of hydrogen-bond acceptors (Lipinski definition) is 2. The highest BCUT2D eigenvalue weighted by molar-refractivity contribution is 9.10. The topological polar surface area (TPSA) is 49.3 Å². The van der Waals surface area contributed by atoms with Gasteiger partial charge in [0.05, 0.1) is 6.42 Å². The molecule has 0 atom stereocenters. The van der Waals surface area contributed by atoms with Crippen LogP contribution in [0.25, 0.3) is 0 Å². The second-order valence-electron chi connectivity index (χ2n) is 5.22. The maximum atomic E-state index is 11.8. The highest BCUT2D eigenvalue weighted by atomic mass is 79.9. The third-order valence-electron chi connectivity index (χ3n) is 2.81. The number of nitrogens with one attached hydrogen (secondary N) is 1. The number of rotatable bonds is 6. The summed E-state index contributed by atoms with van der Waals surface area (Å²) in [6.07, 6.45) is 1.07. The second-order valence-corrected chi connectivity index (χ2v) is 6.14. The van der Waals surface area contributed by atoms with Crippen molar-refractivity contribution in [3.05, 3.63) is 34.3 Å². The van der Waals surface area contributed by atoms with Crippen molar-refractivity contribution in [3.63, 3.8) is 0 Å². The number of carbonyl (C=O) groups is 1. The molecule has 0 aliphatic heterocycles. The Morgan fingerprint density at radius 1 is 1.44 bits per heavy atom. The lowest BCUT2D eigenvalue weighted by molar-refractivity contribution is -0.120. The van der Waals surface area contributed by atoms with Crippen molar-refractivity contribution < 1.29 is 9.90 Å². The van der Waals surface area contributed by atoms with Gasteiger partial charge in [0.25, 0.3) is 0 Å². The first-order valence-electron chi connectivity index (χ1n) is 6.05. The number of halogens is 1. The van der Waals surface area contributed by atoms with Crippen LogP contribution in [-0.4, -0.2) is 24.2 Å². The monoisotopic (exact) mass is 313 g/mol. The Bertz CT molecular complexity index is 405. The highest BCUT2D eigenvalue weighted by Crippen LogP contribution is 2.18. The molecule has 0 saturated heterocycles. The van der Waals surface area contributed by atoms with Crippen molar-refractivity contribution in [2.75, 3.05) is 13.2 Å². The van der Waals surface area contributed by atoms with Gasteiger partial charge in [-0.25, -0.2) is 0 Å². The zero-order chi connectivity index (χ0) is 13.6. The summed E-state index contributed by atoms with van der Waals surface area (Å²) in [7, 11) is 0. The van der Waals surface area contributed by atoms with Crippen LogP contribution < -0.4 is 5.32 Å². The van der Waals surface area contributed by atoms with Crippen LogP contribution in [0.3, 0.4) is 0 Å². The van der Waals surface area contributed by atoms with Crippen LogP contribution >= 0.6 is 15.9 Å². The lowest BCUT2D eigenvalue weighted by atomic mass is 9.89. The van der Waals surface area contributed by atoms with Crippen molar-refractivity contribution in [2.45, 2.75) is 26.7 Å². The van der Waals surface area contributed by atoms with Gasteiger partial charge < -0.3 is 10.4 Å². The SMILES string of the molecule is CC(C)(CCO)CNC(=O)Cc1cccc(Br)c1. The molecule has 4 heteroatoms. The van der Waals surface area contributed by atoms with Crippen LogP contribution in [0.15, 0.2) is 28.7 Å². The molecule has 0 radical (unpaired) electrons. The van der Waals surface area contributed by atoms with Crippen molar-refractivity contribution in [2.24, 2.45) is 5.41 Å². The van der Waals surface area contributed by atoms with Crippen molar-refractivity contribution in [1.29, 1.82) is 0 Å². The summed E-state index contributed by atoms with van der Waals surface area (Å²) < 4.78 is 0.980. The lowest BCUT2D eigenvalue weighted by Gasteiger charge is -2.23. The summed E-state index contributed by atoms with van der Waals surface area (Å²) in [5.41, 5.74) is 0.920. The molecule has 0 aliphatic carbocycles. The summed E-state index contributed by atoms with van der Waals surface area (Å²) in [4.78, 5) is 11.8. The summed E-state index contributed by atoms with van der Waals surface area (Å²) in [5.74, 6) is 0.0131. The molecule has 0 fully saturated rings. The van der Waals surface area contributed by atoms with E-state index in [0.717, 1.165) is 10.0 Å². The van der Waals surface area contributed by atoms with Gasteiger partial charge in [0.1, 0.15) is 0 Å². The molecule has 0 bridgehead atoms. The normalized spacial score (nSPS) is 11.3. The van der Waals surface area contributed by atoms with Gasteiger partial charge in [-0.1, -0.05) is 41.9 Å². The Morgan fingerprint density at radius 2 is 2.17 bits per heavy atom. The van der Waals surface area contributed by atoms with Crippen LogP contribution in [0.5, 0.6) is 0 Å². The quantitative estimate of drug-likeness (QED) is 0.848. The minimum atomic E-state index is -0.0678. The number of amides is 1. The Hall–Kier alpha value is -0.870. The molecule has 1 rings (SSSR count). The maximum Gasteiger partial charge on any atom is 0.224 e. The number of aliphatic hydroxyl groups excluding tert-OH is 1. The van der Waals surface area contributed by atoms with Gasteiger partial charge in [0, 0.05) is 17.6 Å². The van der Waals surface area contributed by atoms with Gasteiger partial charge in [-0.15, -0.1) is 0 Å². The molecular formula is C14H20BrNO2. The molecule has 3 nitrogen and oxygen atoms in total. The Balaban J connectivity index is 2.43. The smallest absolute Gasteiger partial charge is 0.224 e. The highest BCUT2D eigenvalue weighted by Gasteiger charge is 2.18. The van der Waals surface area contributed by atoms with Crippen LogP contribution in [0.1, 0.15) is 25.8 Å². The summed E-state index contributed by atoms with van der Waals surface area (Å²) in [5, 5.41) is 11.8. The van der Waals surface area contributed by atoms with Gasteiger partial charge in [0.2, 0.25) is 5.91 Å². The minimum Gasteiger partial charge on any atom is -0.396 e. The van der Waals surface area contributed by atoms with Crippen molar-refractivity contribution >= 4 is 21.8 Å². The predicted octanol–water partition coefficient (Wildman–Crippen LogP) is 2.52.